The molecule has 0 bridgehead atoms. The van der Waals surface area contributed by atoms with Crippen LogP contribution >= 0.6 is 0 Å². The zero-order valence-corrected chi connectivity index (χ0v) is 9.95. The summed E-state index contributed by atoms with van der Waals surface area (Å²) >= 11 is 0. The molecular formula is C15H16O. The molecule has 1 nitrogen and oxygen atoms in total. The lowest BCUT2D eigenvalue weighted by Crippen LogP contribution is -2.19. The molecule has 0 aliphatic carbocycles. The van der Waals surface area contributed by atoms with Crippen molar-refractivity contribution in [1.29, 1.82) is 0 Å². The second kappa shape index (κ2) is 3.75. The van der Waals surface area contributed by atoms with E-state index < -0.39 is 0 Å². The molecule has 0 spiro atoms. The molecule has 2 rings (SSSR count). The Bertz CT molecular complexity index is 532. The van der Waals surface area contributed by atoms with Gasteiger partial charge in [0.15, 0.2) is 5.78 Å². The van der Waals surface area contributed by atoms with E-state index >= 15 is 0 Å². The monoisotopic (exact) mass is 212 g/mol. The number of fused-ring (bicyclic) bond motifs is 1. The number of ketones is 1. The molecule has 0 saturated heterocycles. The lowest BCUT2D eigenvalue weighted by molar-refractivity contribution is 0.0858. The highest BCUT2D eigenvalue weighted by Gasteiger charge is 2.22. The highest BCUT2D eigenvalue weighted by molar-refractivity contribution is 6.02. The fraction of sp³-hybridized carbons (Fsp3) is 0.267. The normalized spacial score (nSPS) is 11.7. The number of hydrogen-bond donors (Lipinski definition) is 0. The first-order valence-electron chi connectivity index (χ1n) is 5.52. The third-order valence-electron chi connectivity index (χ3n) is 2.69. The minimum atomic E-state index is -0.317. The molecule has 2 aromatic carbocycles. The number of carbonyl (C=O) groups excluding carboxylic acids is 1. The first-order chi connectivity index (χ1) is 7.48. The van der Waals surface area contributed by atoms with Crippen LogP contribution in [0.25, 0.3) is 10.8 Å². The maximum atomic E-state index is 12.1. The van der Waals surface area contributed by atoms with E-state index in [1.54, 1.807) is 0 Å². The molecule has 2 aromatic rings. The number of rotatable bonds is 1. The summed E-state index contributed by atoms with van der Waals surface area (Å²) in [7, 11) is 0. The molecule has 0 aliphatic rings. The largest absolute Gasteiger partial charge is 0.294 e. The van der Waals surface area contributed by atoms with Crippen molar-refractivity contribution in [3.05, 3.63) is 48.0 Å². The summed E-state index contributed by atoms with van der Waals surface area (Å²) in [4.78, 5) is 12.1. The van der Waals surface area contributed by atoms with E-state index in [2.05, 4.69) is 6.07 Å². The lowest BCUT2D eigenvalue weighted by atomic mass is 9.86. The third-order valence-corrected chi connectivity index (χ3v) is 2.69. The fourth-order valence-corrected chi connectivity index (χ4v) is 1.76. The van der Waals surface area contributed by atoms with Gasteiger partial charge < -0.3 is 0 Å². The number of benzene rings is 2. The van der Waals surface area contributed by atoms with Crippen LogP contribution in [-0.4, -0.2) is 5.78 Å². The quantitative estimate of drug-likeness (QED) is 0.651. The Morgan fingerprint density at radius 2 is 1.56 bits per heavy atom. The summed E-state index contributed by atoms with van der Waals surface area (Å²) in [6.45, 7) is 5.85. The van der Waals surface area contributed by atoms with Crippen molar-refractivity contribution in [2.24, 2.45) is 5.41 Å². The van der Waals surface area contributed by atoms with Crippen LogP contribution < -0.4 is 0 Å². The van der Waals surface area contributed by atoms with Gasteiger partial charge in [-0.05, 0) is 16.8 Å². The van der Waals surface area contributed by atoms with Gasteiger partial charge in [0.05, 0.1) is 0 Å². The predicted octanol–water partition coefficient (Wildman–Crippen LogP) is 4.07. The Balaban J connectivity index is 2.52. The first kappa shape index (κ1) is 10.9. The number of carbonyl (C=O) groups is 1. The van der Waals surface area contributed by atoms with Gasteiger partial charge in [0.2, 0.25) is 0 Å². The summed E-state index contributed by atoms with van der Waals surface area (Å²) in [6, 6.07) is 14.0. The van der Waals surface area contributed by atoms with Gasteiger partial charge in [0, 0.05) is 11.0 Å². The van der Waals surface area contributed by atoms with Gasteiger partial charge in [-0.2, -0.15) is 0 Å². The van der Waals surface area contributed by atoms with Gasteiger partial charge in [-0.25, -0.2) is 0 Å². The second-order valence-corrected chi connectivity index (χ2v) is 5.14. The standard InChI is InChI=1S/C15H16O/c1-15(2,3)14(16)13-9-8-11-6-4-5-7-12(11)10-13/h4-10H,1-3H3. The average molecular weight is 212 g/mol. The highest BCUT2D eigenvalue weighted by atomic mass is 16.1. The first-order valence-corrected chi connectivity index (χ1v) is 5.52. The molecule has 0 N–H and O–H groups in total. The van der Waals surface area contributed by atoms with E-state index in [-0.39, 0.29) is 11.2 Å². The summed E-state index contributed by atoms with van der Waals surface area (Å²) < 4.78 is 0. The average Bonchev–Trinajstić information content (AvgIpc) is 2.26. The van der Waals surface area contributed by atoms with Gasteiger partial charge in [-0.3, -0.25) is 4.79 Å². The van der Waals surface area contributed by atoms with Crippen molar-refractivity contribution >= 4 is 16.6 Å². The Labute approximate surface area is 96.1 Å². The van der Waals surface area contributed by atoms with Crippen molar-refractivity contribution in [1.82, 2.24) is 0 Å². The molecule has 0 saturated carbocycles. The van der Waals surface area contributed by atoms with Crippen LogP contribution in [0.5, 0.6) is 0 Å². The van der Waals surface area contributed by atoms with Crippen molar-refractivity contribution in [2.75, 3.05) is 0 Å². The Morgan fingerprint density at radius 3 is 2.19 bits per heavy atom. The van der Waals surface area contributed by atoms with Crippen LogP contribution in [0, 0.1) is 5.41 Å². The van der Waals surface area contributed by atoms with E-state index in [1.165, 1.54) is 5.39 Å². The molecule has 0 atom stereocenters. The molecule has 0 unspecified atom stereocenters. The Morgan fingerprint density at radius 1 is 0.938 bits per heavy atom. The van der Waals surface area contributed by atoms with E-state index in [0.29, 0.717) is 0 Å². The predicted molar refractivity (Wildman–Crippen MR) is 67.7 cm³/mol. The zero-order valence-electron chi connectivity index (χ0n) is 9.95. The minimum Gasteiger partial charge on any atom is -0.294 e. The Kier molecular flexibility index (Phi) is 2.55. The summed E-state index contributed by atoms with van der Waals surface area (Å²) in [5.41, 5.74) is 0.480. The smallest absolute Gasteiger partial charge is 0.168 e. The number of hydrogen-bond acceptors (Lipinski definition) is 1. The van der Waals surface area contributed by atoms with Gasteiger partial charge in [-0.15, -0.1) is 0 Å². The van der Waals surface area contributed by atoms with Crippen LogP contribution in [0.15, 0.2) is 42.5 Å². The third kappa shape index (κ3) is 1.99. The van der Waals surface area contributed by atoms with Crippen LogP contribution in [-0.2, 0) is 0 Å². The highest BCUT2D eigenvalue weighted by Crippen LogP contribution is 2.23. The summed E-state index contributed by atoms with van der Waals surface area (Å²) in [5, 5.41) is 2.30. The maximum absolute atomic E-state index is 12.1. The molecule has 0 aliphatic heterocycles. The van der Waals surface area contributed by atoms with Gasteiger partial charge in [-0.1, -0.05) is 57.2 Å². The molecule has 16 heavy (non-hydrogen) atoms. The zero-order chi connectivity index (χ0) is 11.8. The molecule has 0 radical (unpaired) electrons. The van der Waals surface area contributed by atoms with Crippen molar-refractivity contribution in [3.8, 4) is 0 Å². The van der Waals surface area contributed by atoms with Crippen molar-refractivity contribution in [2.45, 2.75) is 20.8 Å². The van der Waals surface area contributed by atoms with Crippen LogP contribution in [0.3, 0.4) is 0 Å². The van der Waals surface area contributed by atoms with Gasteiger partial charge in [0.25, 0.3) is 0 Å². The van der Waals surface area contributed by atoms with Crippen LogP contribution in [0.4, 0.5) is 0 Å². The summed E-state index contributed by atoms with van der Waals surface area (Å²) in [5.74, 6) is 0.193. The molecule has 0 aromatic heterocycles. The minimum absolute atomic E-state index is 0.193. The van der Waals surface area contributed by atoms with E-state index in [4.69, 9.17) is 0 Å². The van der Waals surface area contributed by atoms with Crippen LogP contribution in [0.1, 0.15) is 31.1 Å². The Hall–Kier alpha value is -1.63. The van der Waals surface area contributed by atoms with Crippen molar-refractivity contribution < 1.29 is 4.79 Å². The molecule has 0 fully saturated rings. The molecule has 1 heteroatoms. The van der Waals surface area contributed by atoms with E-state index in [1.807, 2.05) is 57.2 Å². The fourth-order valence-electron chi connectivity index (χ4n) is 1.76. The molecule has 0 amide bonds. The SMILES string of the molecule is CC(C)(C)C(=O)c1ccc2ccccc2c1. The van der Waals surface area contributed by atoms with Gasteiger partial charge >= 0.3 is 0 Å². The van der Waals surface area contributed by atoms with E-state index in [9.17, 15) is 4.79 Å². The van der Waals surface area contributed by atoms with Gasteiger partial charge in [0.1, 0.15) is 0 Å². The topological polar surface area (TPSA) is 17.1 Å². The molecular weight excluding hydrogens is 196 g/mol. The summed E-state index contributed by atoms with van der Waals surface area (Å²) in [6.07, 6.45) is 0. The lowest BCUT2D eigenvalue weighted by Gasteiger charge is -2.16. The molecule has 82 valence electrons. The van der Waals surface area contributed by atoms with Crippen molar-refractivity contribution in [3.63, 3.8) is 0 Å². The maximum Gasteiger partial charge on any atom is 0.168 e. The number of Topliss-reactive ketones (excluding diaryl/α,β-unsaturated/α-hetero) is 1. The molecule has 0 heterocycles. The van der Waals surface area contributed by atoms with Crippen LogP contribution in [0.2, 0.25) is 0 Å². The second-order valence-electron chi connectivity index (χ2n) is 5.14. The van der Waals surface area contributed by atoms with E-state index in [0.717, 1.165) is 10.9 Å².